The van der Waals surface area contributed by atoms with Crippen molar-refractivity contribution >= 4 is 5.97 Å². The van der Waals surface area contributed by atoms with E-state index < -0.39 is 5.60 Å². The number of carbonyl (C=O) groups is 1. The molecular formula is C19H22O4. The summed E-state index contributed by atoms with van der Waals surface area (Å²) in [4.78, 5) is 12.0. The van der Waals surface area contributed by atoms with Crippen molar-refractivity contribution in [3.63, 3.8) is 0 Å². The molecule has 122 valence electrons. The molecule has 0 saturated heterocycles. The lowest BCUT2D eigenvalue weighted by atomic mass is 9.98. The highest BCUT2D eigenvalue weighted by Gasteiger charge is 2.17. The largest absolute Gasteiger partial charge is 0.497 e. The first kappa shape index (κ1) is 17.0. The average Bonchev–Trinajstić information content (AvgIpc) is 2.52. The molecule has 0 unspecified atom stereocenters. The van der Waals surface area contributed by atoms with Gasteiger partial charge in [-0.25, -0.2) is 4.79 Å². The van der Waals surface area contributed by atoms with Gasteiger partial charge in [0.2, 0.25) is 0 Å². The first-order chi connectivity index (χ1) is 10.8. The first-order valence-electron chi connectivity index (χ1n) is 7.45. The van der Waals surface area contributed by atoms with Crippen LogP contribution in [0.3, 0.4) is 0 Å². The maximum absolute atomic E-state index is 12.0. The summed E-state index contributed by atoms with van der Waals surface area (Å²) >= 11 is 0. The lowest BCUT2D eigenvalue weighted by Gasteiger charge is -2.19. The van der Waals surface area contributed by atoms with Crippen molar-refractivity contribution < 1.29 is 19.4 Å². The van der Waals surface area contributed by atoms with E-state index in [4.69, 9.17) is 9.47 Å². The molecule has 2 aromatic carbocycles. The van der Waals surface area contributed by atoms with Crippen LogP contribution in [0, 0.1) is 0 Å². The first-order valence-corrected chi connectivity index (χ1v) is 7.45. The number of methoxy groups -OCH3 is 1. The lowest BCUT2D eigenvalue weighted by Crippen LogP contribution is -2.23. The summed E-state index contributed by atoms with van der Waals surface area (Å²) < 4.78 is 10.5. The van der Waals surface area contributed by atoms with Crippen LogP contribution >= 0.6 is 0 Å². The highest BCUT2D eigenvalue weighted by atomic mass is 16.6. The molecule has 0 atom stereocenters. The fraction of sp³-hybridized carbons (Fsp3) is 0.316. The molecule has 0 spiro atoms. The predicted molar refractivity (Wildman–Crippen MR) is 89.5 cm³/mol. The minimum Gasteiger partial charge on any atom is -0.497 e. The third-order valence-corrected chi connectivity index (χ3v) is 3.31. The topological polar surface area (TPSA) is 55.8 Å². The SMILES string of the molecule is COc1ccc(-c2ccc(C(=O)OC(C)(C)C)cc2)c(CO)c1. The standard InChI is InChI=1S/C19H22O4/c1-19(2,3)23-18(21)14-7-5-13(6-8-14)17-10-9-16(22-4)11-15(17)12-20/h5-11,20H,12H2,1-4H3. The van der Waals surface area contributed by atoms with Gasteiger partial charge in [0, 0.05) is 0 Å². The molecule has 0 aromatic heterocycles. The number of hydrogen-bond donors (Lipinski definition) is 1. The zero-order valence-electron chi connectivity index (χ0n) is 13.9. The Labute approximate surface area is 136 Å². The van der Waals surface area contributed by atoms with E-state index >= 15 is 0 Å². The van der Waals surface area contributed by atoms with Crippen LogP contribution in [0.1, 0.15) is 36.7 Å². The van der Waals surface area contributed by atoms with Gasteiger partial charge in [-0.3, -0.25) is 0 Å². The van der Waals surface area contributed by atoms with Crippen LogP contribution in [0.5, 0.6) is 5.75 Å². The Balaban J connectivity index is 2.28. The summed E-state index contributed by atoms with van der Waals surface area (Å²) in [5.41, 5.74) is 2.58. The minimum absolute atomic E-state index is 0.0830. The minimum atomic E-state index is -0.518. The van der Waals surface area contributed by atoms with Crippen LogP contribution in [0.15, 0.2) is 42.5 Å². The second-order valence-electron chi connectivity index (χ2n) is 6.26. The van der Waals surface area contributed by atoms with E-state index in [2.05, 4.69) is 0 Å². The van der Waals surface area contributed by atoms with Gasteiger partial charge in [0.1, 0.15) is 11.4 Å². The molecule has 0 radical (unpaired) electrons. The van der Waals surface area contributed by atoms with Crippen LogP contribution in [0.2, 0.25) is 0 Å². The van der Waals surface area contributed by atoms with Crippen LogP contribution in [-0.2, 0) is 11.3 Å². The van der Waals surface area contributed by atoms with E-state index in [0.29, 0.717) is 11.3 Å². The third kappa shape index (κ3) is 4.33. The molecular weight excluding hydrogens is 292 g/mol. The van der Waals surface area contributed by atoms with Crippen molar-refractivity contribution in [2.24, 2.45) is 0 Å². The van der Waals surface area contributed by atoms with Gasteiger partial charge < -0.3 is 14.6 Å². The van der Waals surface area contributed by atoms with Gasteiger partial charge in [-0.05, 0) is 61.7 Å². The zero-order chi connectivity index (χ0) is 17.0. The summed E-state index contributed by atoms with van der Waals surface area (Å²) in [5, 5.41) is 9.54. The molecule has 0 bridgehead atoms. The smallest absolute Gasteiger partial charge is 0.338 e. The highest BCUT2D eigenvalue weighted by Crippen LogP contribution is 2.28. The fourth-order valence-electron chi connectivity index (χ4n) is 2.23. The molecule has 2 rings (SSSR count). The molecule has 0 amide bonds. The molecule has 0 heterocycles. The lowest BCUT2D eigenvalue weighted by molar-refractivity contribution is 0.00695. The second kappa shape index (κ2) is 6.84. The van der Waals surface area contributed by atoms with E-state index in [0.717, 1.165) is 16.7 Å². The van der Waals surface area contributed by atoms with Crippen LogP contribution in [0.25, 0.3) is 11.1 Å². The monoisotopic (exact) mass is 314 g/mol. The molecule has 4 heteroatoms. The predicted octanol–water partition coefficient (Wildman–Crippen LogP) is 3.81. The number of aliphatic hydroxyl groups excluding tert-OH is 1. The number of aliphatic hydroxyl groups is 1. The van der Waals surface area contributed by atoms with Gasteiger partial charge in [0.05, 0.1) is 19.3 Å². The van der Waals surface area contributed by atoms with Gasteiger partial charge in [0.25, 0.3) is 0 Å². The van der Waals surface area contributed by atoms with Crippen molar-refractivity contribution in [3.05, 3.63) is 53.6 Å². The third-order valence-electron chi connectivity index (χ3n) is 3.31. The van der Waals surface area contributed by atoms with Crippen molar-refractivity contribution in [2.45, 2.75) is 33.0 Å². The maximum atomic E-state index is 12.0. The molecule has 0 aliphatic rings. The Hall–Kier alpha value is -2.33. The summed E-state index contributed by atoms with van der Waals surface area (Å²) in [7, 11) is 1.59. The summed E-state index contributed by atoms with van der Waals surface area (Å²) in [5.74, 6) is 0.351. The molecule has 23 heavy (non-hydrogen) atoms. The normalized spacial score (nSPS) is 11.2. The van der Waals surface area contributed by atoms with Crippen LogP contribution in [0.4, 0.5) is 0 Å². The van der Waals surface area contributed by atoms with E-state index in [1.165, 1.54) is 0 Å². The molecule has 1 N–H and O–H groups in total. The van der Waals surface area contributed by atoms with E-state index in [1.54, 1.807) is 25.3 Å². The van der Waals surface area contributed by atoms with Crippen molar-refractivity contribution in [1.29, 1.82) is 0 Å². The second-order valence-corrected chi connectivity index (χ2v) is 6.26. The van der Waals surface area contributed by atoms with Gasteiger partial charge in [0.15, 0.2) is 0 Å². The Morgan fingerprint density at radius 3 is 2.26 bits per heavy atom. The van der Waals surface area contributed by atoms with Crippen LogP contribution in [-0.4, -0.2) is 23.8 Å². The van der Waals surface area contributed by atoms with Crippen LogP contribution < -0.4 is 4.74 Å². The van der Waals surface area contributed by atoms with Crippen molar-refractivity contribution in [2.75, 3.05) is 7.11 Å². The van der Waals surface area contributed by atoms with Crippen molar-refractivity contribution in [1.82, 2.24) is 0 Å². The molecule has 4 nitrogen and oxygen atoms in total. The highest BCUT2D eigenvalue weighted by molar-refractivity contribution is 5.90. The Kier molecular flexibility index (Phi) is 5.06. The number of carbonyl (C=O) groups excluding carboxylic acids is 1. The number of rotatable bonds is 4. The van der Waals surface area contributed by atoms with Gasteiger partial charge in [-0.15, -0.1) is 0 Å². The fourth-order valence-corrected chi connectivity index (χ4v) is 2.23. The Bertz CT molecular complexity index is 682. The van der Waals surface area contributed by atoms with Crippen molar-refractivity contribution in [3.8, 4) is 16.9 Å². The number of benzene rings is 2. The molecule has 0 fully saturated rings. The summed E-state index contributed by atoms with van der Waals surface area (Å²) in [6.45, 7) is 5.43. The summed E-state index contributed by atoms with van der Waals surface area (Å²) in [6, 6.07) is 12.7. The zero-order valence-corrected chi connectivity index (χ0v) is 13.9. The number of hydrogen-bond acceptors (Lipinski definition) is 4. The van der Waals surface area contributed by atoms with Gasteiger partial charge in [-0.1, -0.05) is 18.2 Å². The van der Waals surface area contributed by atoms with E-state index in [9.17, 15) is 9.90 Å². The van der Waals surface area contributed by atoms with Gasteiger partial charge in [-0.2, -0.15) is 0 Å². The molecule has 0 aliphatic heterocycles. The number of ether oxygens (including phenoxy) is 2. The van der Waals surface area contributed by atoms with E-state index in [-0.39, 0.29) is 12.6 Å². The maximum Gasteiger partial charge on any atom is 0.338 e. The summed E-state index contributed by atoms with van der Waals surface area (Å²) in [6.07, 6.45) is 0. The number of esters is 1. The average molecular weight is 314 g/mol. The molecule has 0 saturated carbocycles. The van der Waals surface area contributed by atoms with E-state index in [1.807, 2.05) is 45.0 Å². The van der Waals surface area contributed by atoms with Gasteiger partial charge >= 0.3 is 5.97 Å². The molecule has 0 aliphatic carbocycles. The molecule has 2 aromatic rings. The quantitative estimate of drug-likeness (QED) is 0.872. The Morgan fingerprint density at radius 1 is 1.09 bits per heavy atom. The Morgan fingerprint density at radius 2 is 1.74 bits per heavy atom.